The molecule has 0 amide bonds. The Balaban J connectivity index is 1.66. The zero-order valence-corrected chi connectivity index (χ0v) is 13.3. The minimum Gasteiger partial charge on any atom is -0.310 e. The van der Waals surface area contributed by atoms with E-state index in [1.54, 1.807) is 0 Å². The van der Waals surface area contributed by atoms with Crippen LogP contribution in [0.2, 0.25) is 0 Å². The van der Waals surface area contributed by atoms with Crippen LogP contribution in [0.1, 0.15) is 22.2 Å². The van der Waals surface area contributed by atoms with Gasteiger partial charge in [-0.15, -0.1) is 11.3 Å². The molecule has 3 rings (SSSR count). The highest BCUT2D eigenvalue weighted by Gasteiger charge is 2.07. The topological polar surface area (TPSA) is 24.9 Å². The number of benzene rings is 1. The second-order valence-electron chi connectivity index (χ2n) is 5.49. The Morgan fingerprint density at radius 2 is 2.00 bits per heavy atom. The maximum absolute atomic E-state index is 4.41. The number of hydrogen-bond acceptors (Lipinski definition) is 3. The van der Waals surface area contributed by atoms with Crippen molar-refractivity contribution in [2.75, 3.05) is 0 Å². The molecule has 2 aromatic heterocycles. The number of aromatic nitrogens is 1. The van der Waals surface area contributed by atoms with Gasteiger partial charge < -0.3 is 5.32 Å². The number of pyridine rings is 1. The van der Waals surface area contributed by atoms with Crippen LogP contribution >= 0.6 is 11.3 Å². The highest BCUT2D eigenvalue weighted by molar-refractivity contribution is 7.11. The maximum Gasteiger partial charge on any atom is 0.0705 e. The SMILES string of the molecule is Cc1ccc(CC(C)NCc2ccnc3ccccc23)s1. The Labute approximate surface area is 129 Å². The van der Waals surface area contributed by atoms with Crippen LogP contribution in [0.3, 0.4) is 0 Å². The van der Waals surface area contributed by atoms with Gasteiger partial charge >= 0.3 is 0 Å². The fourth-order valence-corrected chi connectivity index (χ4v) is 3.58. The molecule has 108 valence electrons. The highest BCUT2D eigenvalue weighted by Crippen LogP contribution is 2.18. The molecule has 0 fully saturated rings. The van der Waals surface area contributed by atoms with Gasteiger partial charge in [0.15, 0.2) is 0 Å². The predicted octanol–water partition coefficient (Wildman–Crippen LogP) is 4.33. The molecule has 3 heteroatoms. The highest BCUT2D eigenvalue weighted by atomic mass is 32.1. The summed E-state index contributed by atoms with van der Waals surface area (Å²) in [6.07, 6.45) is 2.98. The zero-order valence-electron chi connectivity index (χ0n) is 12.5. The first-order chi connectivity index (χ1) is 10.2. The third-order valence-corrected chi connectivity index (χ3v) is 4.71. The molecule has 0 aliphatic carbocycles. The minimum absolute atomic E-state index is 0.468. The first kappa shape index (κ1) is 14.2. The fourth-order valence-electron chi connectivity index (χ4n) is 2.56. The van der Waals surface area contributed by atoms with Crippen molar-refractivity contribution in [3.63, 3.8) is 0 Å². The van der Waals surface area contributed by atoms with E-state index in [4.69, 9.17) is 0 Å². The Hall–Kier alpha value is -1.71. The molecule has 2 heterocycles. The third-order valence-electron chi connectivity index (χ3n) is 3.68. The lowest BCUT2D eigenvalue weighted by Gasteiger charge is -2.14. The smallest absolute Gasteiger partial charge is 0.0705 e. The average Bonchev–Trinajstić information content (AvgIpc) is 2.90. The van der Waals surface area contributed by atoms with Gasteiger partial charge in [0.2, 0.25) is 0 Å². The van der Waals surface area contributed by atoms with E-state index in [2.05, 4.69) is 60.5 Å². The Morgan fingerprint density at radius 3 is 2.81 bits per heavy atom. The van der Waals surface area contributed by atoms with Gasteiger partial charge in [-0.25, -0.2) is 0 Å². The van der Waals surface area contributed by atoms with E-state index in [-0.39, 0.29) is 0 Å². The Bertz CT molecular complexity index is 727. The van der Waals surface area contributed by atoms with Gasteiger partial charge in [-0.05, 0) is 50.1 Å². The van der Waals surface area contributed by atoms with Crippen molar-refractivity contribution in [2.24, 2.45) is 0 Å². The standard InChI is InChI=1S/C18H20N2S/c1-13(11-16-8-7-14(2)21-16)20-12-15-9-10-19-18-6-4-3-5-17(15)18/h3-10,13,20H,11-12H2,1-2H3. The molecule has 2 nitrogen and oxygen atoms in total. The number of nitrogens with one attached hydrogen (secondary N) is 1. The van der Waals surface area contributed by atoms with Crippen molar-refractivity contribution in [3.05, 3.63) is 64.0 Å². The summed E-state index contributed by atoms with van der Waals surface area (Å²) >= 11 is 1.89. The number of aryl methyl sites for hydroxylation is 1. The molecule has 1 N–H and O–H groups in total. The fraction of sp³-hybridized carbons (Fsp3) is 0.278. The van der Waals surface area contributed by atoms with Gasteiger partial charge in [0.25, 0.3) is 0 Å². The predicted molar refractivity (Wildman–Crippen MR) is 90.8 cm³/mol. The minimum atomic E-state index is 0.468. The summed E-state index contributed by atoms with van der Waals surface area (Å²) in [6.45, 7) is 5.29. The molecule has 21 heavy (non-hydrogen) atoms. The molecule has 0 radical (unpaired) electrons. The molecular formula is C18H20N2S. The van der Waals surface area contributed by atoms with Crippen molar-refractivity contribution < 1.29 is 0 Å². The number of rotatable bonds is 5. The normalized spacial score (nSPS) is 12.7. The molecule has 3 aromatic rings. The molecule has 1 aromatic carbocycles. The number of fused-ring (bicyclic) bond motifs is 1. The zero-order chi connectivity index (χ0) is 14.7. The van der Waals surface area contributed by atoms with Gasteiger partial charge in [-0.1, -0.05) is 18.2 Å². The lowest BCUT2D eigenvalue weighted by molar-refractivity contribution is 0.550. The van der Waals surface area contributed by atoms with Crippen LogP contribution in [0.4, 0.5) is 0 Å². The average molecular weight is 296 g/mol. The van der Waals surface area contributed by atoms with Crippen LogP contribution in [0.25, 0.3) is 10.9 Å². The van der Waals surface area contributed by atoms with Gasteiger partial charge in [0, 0.05) is 33.9 Å². The van der Waals surface area contributed by atoms with Crippen LogP contribution in [0.5, 0.6) is 0 Å². The number of hydrogen-bond donors (Lipinski definition) is 1. The van der Waals surface area contributed by atoms with E-state index in [1.165, 1.54) is 20.7 Å². The van der Waals surface area contributed by atoms with Crippen molar-refractivity contribution in [2.45, 2.75) is 32.9 Å². The van der Waals surface area contributed by atoms with E-state index in [9.17, 15) is 0 Å². The summed E-state index contributed by atoms with van der Waals surface area (Å²) in [5, 5.41) is 4.87. The van der Waals surface area contributed by atoms with Crippen LogP contribution in [-0.4, -0.2) is 11.0 Å². The molecule has 0 saturated heterocycles. The maximum atomic E-state index is 4.41. The van der Waals surface area contributed by atoms with E-state index >= 15 is 0 Å². The second kappa shape index (κ2) is 6.37. The lowest BCUT2D eigenvalue weighted by Crippen LogP contribution is -2.27. The van der Waals surface area contributed by atoms with Gasteiger partial charge in [-0.2, -0.15) is 0 Å². The first-order valence-electron chi connectivity index (χ1n) is 7.34. The van der Waals surface area contributed by atoms with Gasteiger partial charge in [-0.3, -0.25) is 4.98 Å². The molecule has 0 bridgehead atoms. The third kappa shape index (κ3) is 3.49. The second-order valence-corrected chi connectivity index (χ2v) is 6.86. The summed E-state index contributed by atoms with van der Waals surface area (Å²) in [5.74, 6) is 0. The Morgan fingerprint density at radius 1 is 1.14 bits per heavy atom. The first-order valence-corrected chi connectivity index (χ1v) is 8.15. The molecule has 0 spiro atoms. The van der Waals surface area contributed by atoms with Crippen molar-refractivity contribution in [3.8, 4) is 0 Å². The van der Waals surface area contributed by atoms with Crippen molar-refractivity contribution in [1.29, 1.82) is 0 Å². The molecule has 0 aliphatic heterocycles. The lowest BCUT2D eigenvalue weighted by atomic mass is 10.1. The molecule has 1 unspecified atom stereocenters. The summed E-state index contributed by atoms with van der Waals surface area (Å²) in [4.78, 5) is 7.25. The summed E-state index contributed by atoms with van der Waals surface area (Å²) in [6, 6.07) is 15.3. The van der Waals surface area contributed by atoms with Crippen LogP contribution in [0, 0.1) is 6.92 Å². The van der Waals surface area contributed by atoms with Crippen molar-refractivity contribution in [1.82, 2.24) is 10.3 Å². The summed E-state index contributed by atoms with van der Waals surface area (Å²) < 4.78 is 0. The van der Waals surface area contributed by atoms with E-state index in [0.717, 1.165) is 18.5 Å². The van der Waals surface area contributed by atoms with Crippen LogP contribution < -0.4 is 5.32 Å². The van der Waals surface area contributed by atoms with E-state index in [1.807, 2.05) is 23.6 Å². The van der Waals surface area contributed by atoms with E-state index in [0.29, 0.717) is 6.04 Å². The number of thiophene rings is 1. The summed E-state index contributed by atoms with van der Waals surface area (Å²) in [5.41, 5.74) is 2.38. The summed E-state index contributed by atoms with van der Waals surface area (Å²) in [7, 11) is 0. The largest absolute Gasteiger partial charge is 0.310 e. The molecule has 1 atom stereocenters. The Kier molecular flexibility index (Phi) is 4.32. The molecule has 0 aliphatic rings. The van der Waals surface area contributed by atoms with Crippen LogP contribution in [-0.2, 0) is 13.0 Å². The van der Waals surface area contributed by atoms with E-state index < -0.39 is 0 Å². The van der Waals surface area contributed by atoms with Crippen LogP contribution in [0.15, 0.2) is 48.7 Å². The number of nitrogens with zero attached hydrogens (tertiary/aromatic N) is 1. The van der Waals surface area contributed by atoms with Gasteiger partial charge in [0.1, 0.15) is 0 Å². The van der Waals surface area contributed by atoms with Crippen molar-refractivity contribution >= 4 is 22.2 Å². The molecular weight excluding hydrogens is 276 g/mol. The number of para-hydroxylation sites is 1. The quantitative estimate of drug-likeness (QED) is 0.758. The van der Waals surface area contributed by atoms with Gasteiger partial charge in [0.05, 0.1) is 5.52 Å². The molecule has 0 saturated carbocycles. The monoisotopic (exact) mass is 296 g/mol.